The van der Waals surface area contributed by atoms with Crippen molar-refractivity contribution < 1.29 is 28.8 Å². The molecule has 2 aromatic heterocycles. The fraction of sp³-hybridized carbons (Fsp3) is 0.250. The summed E-state index contributed by atoms with van der Waals surface area (Å²) in [7, 11) is 0. The van der Waals surface area contributed by atoms with Crippen LogP contribution in [0.1, 0.15) is 11.8 Å². The van der Waals surface area contributed by atoms with Gasteiger partial charge in [0.25, 0.3) is 0 Å². The molecule has 0 radical (unpaired) electrons. The molecule has 2 rings (SSSR count). The minimum Gasteiger partial charge on any atom is -0.481 e. The number of aromatic nitrogens is 4. The van der Waals surface area contributed by atoms with Crippen molar-refractivity contribution in [2.45, 2.75) is 12.8 Å². The second-order valence-electron chi connectivity index (χ2n) is 3.16. The molecule has 18 heavy (non-hydrogen) atoms. The summed E-state index contributed by atoms with van der Waals surface area (Å²) in [4.78, 5) is 28.2. The van der Waals surface area contributed by atoms with Crippen LogP contribution in [0.15, 0.2) is 9.05 Å². The van der Waals surface area contributed by atoms with Crippen molar-refractivity contribution in [2.24, 2.45) is 0 Å². The normalized spacial score (nSPS) is 10.4. The molecule has 94 valence electrons. The number of hydrogen-bond acceptors (Lipinski definition) is 8. The van der Waals surface area contributed by atoms with E-state index in [2.05, 4.69) is 29.3 Å². The molecule has 0 saturated heterocycles. The molecule has 0 aliphatic heterocycles. The molecule has 0 aromatic carbocycles. The Morgan fingerprint density at radius 1 is 0.889 bits per heavy atom. The van der Waals surface area contributed by atoms with Crippen molar-refractivity contribution in [3.63, 3.8) is 0 Å². The molecule has 0 aliphatic rings. The lowest BCUT2D eigenvalue weighted by Gasteiger charge is -1.83. The largest absolute Gasteiger partial charge is 0.481 e. The minimum absolute atomic E-state index is 0.0633. The van der Waals surface area contributed by atoms with Crippen LogP contribution in [0.3, 0.4) is 0 Å². The first-order valence-corrected chi connectivity index (χ1v) is 4.63. The number of nitrogens with zero attached hydrogens (tertiary/aromatic N) is 4. The van der Waals surface area contributed by atoms with E-state index in [1.54, 1.807) is 0 Å². The first-order valence-electron chi connectivity index (χ1n) is 4.63. The topological polar surface area (TPSA) is 152 Å². The van der Waals surface area contributed by atoms with Gasteiger partial charge in [-0.1, -0.05) is 10.3 Å². The Hall–Kier alpha value is -2.78. The fourth-order valence-corrected chi connectivity index (χ4v) is 1.09. The van der Waals surface area contributed by atoms with Crippen molar-refractivity contribution >= 4 is 11.9 Å². The second-order valence-corrected chi connectivity index (χ2v) is 3.16. The Kier molecular flexibility index (Phi) is 3.00. The standard InChI is InChI=1S/C8H6N4O6/c13-5(14)1-3-9-7(11-17-3)8-10-4(18-12-8)2-6(15)16/h1-2H2,(H,13,14)(H,15,16). The summed E-state index contributed by atoms with van der Waals surface area (Å²) >= 11 is 0. The highest BCUT2D eigenvalue weighted by atomic mass is 16.5. The second kappa shape index (κ2) is 4.61. The summed E-state index contributed by atoms with van der Waals surface area (Å²) in [6, 6.07) is 0. The number of rotatable bonds is 5. The quantitative estimate of drug-likeness (QED) is 0.704. The van der Waals surface area contributed by atoms with E-state index in [4.69, 9.17) is 10.2 Å². The molecule has 0 unspecified atom stereocenters. The van der Waals surface area contributed by atoms with Gasteiger partial charge in [-0.05, 0) is 0 Å². The van der Waals surface area contributed by atoms with Crippen molar-refractivity contribution in [3.05, 3.63) is 11.8 Å². The van der Waals surface area contributed by atoms with E-state index in [-0.39, 0.29) is 23.4 Å². The number of carboxylic acids is 2. The maximum absolute atomic E-state index is 10.4. The monoisotopic (exact) mass is 254 g/mol. The van der Waals surface area contributed by atoms with E-state index in [0.29, 0.717) is 0 Å². The van der Waals surface area contributed by atoms with Crippen molar-refractivity contribution in [2.75, 3.05) is 0 Å². The Morgan fingerprint density at radius 3 is 1.61 bits per heavy atom. The van der Waals surface area contributed by atoms with Crippen LogP contribution >= 0.6 is 0 Å². The zero-order valence-electron chi connectivity index (χ0n) is 8.73. The molecule has 2 aromatic rings. The van der Waals surface area contributed by atoms with Gasteiger partial charge in [0.05, 0.1) is 0 Å². The number of hydrogen-bond donors (Lipinski definition) is 2. The van der Waals surface area contributed by atoms with Crippen LogP contribution in [-0.4, -0.2) is 42.4 Å². The lowest BCUT2D eigenvalue weighted by Crippen LogP contribution is -2.00. The van der Waals surface area contributed by atoms with E-state index in [1.165, 1.54) is 0 Å². The van der Waals surface area contributed by atoms with E-state index in [9.17, 15) is 9.59 Å². The molecule has 0 bridgehead atoms. The summed E-state index contributed by atoms with van der Waals surface area (Å²) in [5.41, 5.74) is 0. The average molecular weight is 254 g/mol. The van der Waals surface area contributed by atoms with Gasteiger partial charge in [-0.15, -0.1) is 0 Å². The number of carbonyl (C=O) groups is 2. The van der Waals surface area contributed by atoms with Crippen LogP contribution in [0.2, 0.25) is 0 Å². The molecular weight excluding hydrogens is 248 g/mol. The molecule has 0 amide bonds. The lowest BCUT2D eigenvalue weighted by molar-refractivity contribution is -0.137. The van der Waals surface area contributed by atoms with Gasteiger partial charge in [0.2, 0.25) is 23.4 Å². The lowest BCUT2D eigenvalue weighted by atomic mass is 10.4. The number of aliphatic carboxylic acids is 2. The first kappa shape index (κ1) is 11.7. The Labute approximate surface area is 98.2 Å². The van der Waals surface area contributed by atoms with Crippen LogP contribution in [0.5, 0.6) is 0 Å². The maximum atomic E-state index is 10.4. The predicted molar refractivity (Wildman–Crippen MR) is 50.3 cm³/mol. The molecular formula is C8H6N4O6. The van der Waals surface area contributed by atoms with Gasteiger partial charge in [0.1, 0.15) is 12.8 Å². The van der Waals surface area contributed by atoms with Crippen molar-refractivity contribution in [3.8, 4) is 11.6 Å². The van der Waals surface area contributed by atoms with Gasteiger partial charge >= 0.3 is 11.9 Å². The predicted octanol–water partition coefficient (Wildman–Crippen LogP) is -0.626. The first-order chi connectivity index (χ1) is 8.54. The fourth-order valence-electron chi connectivity index (χ4n) is 1.09. The van der Waals surface area contributed by atoms with Crippen LogP contribution < -0.4 is 0 Å². The van der Waals surface area contributed by atoms with Gasteiger partial charge < -0.3 is 19.3 Å². The third-order valence-corrected chi connectivity index (χ3v) is 1.74. The third kappa shape index (κ3) is 2.66. The molecule has 2 heterocycles. The Morgan fingerprint density at radius 2 is 1.28 bits per heavy atom. The van der Waals surface area contributed by atoms with Gasteiger partial charge in [-0.2, -0.15) is 9.97 Å². The molecule has 0 saturated carbocycles. The van der Waals surface area contributed by atoms with Gasteiger partial charge in [-0.3, -0.25) is 9.59 Å². The molecule has 0 spiro atoms. The summed E-state index contributed by atoms with van der Waals surface area (Å²) < 4.78 is 9.28. The summed E-state index contributed by atoms with van der Waals surface area (Å²) in [5, 5.41) is 23.9. The van der Waals surface area contributed by atoms with Gasteiger partial charge in [0, 0.05) is 0 Å². The molecule has 10 nitrogen and oxygen atoms in total. The number of carboxylic acid groups (broad SMARTS) is 2. The SMILES string of the molecule is O=C(O)Cc1nc(-c2noc(CC(=O)O)n2)no1. The van der Waals surface area contributed by atoms with Gasteiger partial charge in [-0.25, -0.2) is 0 Å². The molecule has 10 heteroatoms. The summed E-state index contributed by atoms with van der Waals surface area (Å²) in [6.07, 6.45) is -0.848. The summed E-state index contributed by atoms with van der Waals surface area (Å²) in [6.45, 7) is 0. The third-order valence-electron chi connectivity index (χ3n) is 1.74. The highest BCUT2D eigenvalue weighted by Gasteiger charge is 2.17. The smallest absolute Gasteiger partial charge is 0.312 e. The highest BCUT2D eigenvalue weighted by molar-refractivity contribution is 5.69. The Balaban J connectivity index is 2.15. The zero-order chi connectivity index (χ0) is 13.1. The zero-order valence-corrected chi connectivity index (χ0v) is 8.73. The minimum atomic E-state index is -1.12. The van der Waals surface area contributed by atoms with E-state index >= 15 is 0 Å². The van der Waals surface area contributed by atoms with Crippen molar-refractivity contribution in [1.29, 1.82) is 0 Å². The molecule has 0 atom stereocenters. The Bertz CT molecular complexity index is 536. The van der Waals surface area contributed by atoms with Crippen LogP contribution in [-0.2, 0) is 22.4 Å². The average Bonchev–Trinajstić information content (AvgIpc) is 2.85. The molecule has 2 N–H and O–H groups in total. The van der Waals surface area contributed by atoms with E-state index in [1.807, 2.05) is 0 Å². The summed E-state index contributed by atoms with van der Waals surface area (Å²) in [5.74, 6) is -2.59. The van der Waals surface area contributed by atoms with Crippen LogP contribution in [0.4, 0.5) is 0 Å². The molecule has 0 aliphatic carbocycles. The van der Waals surface area contributed by atoms with Crippen molar-refractivity contribution in [1.82, 2.24) is 20.3 Å². The van der Waals surface area contributed by atoms with E-state index in [0.717, 1.165) is 0 Å². The van der Waals surface area contributed by atoms with Crippen LogP contribution in [0.25, 0.3) is 11.6 Å². The maximum Gasteiger partial charge on any atom is 0.312 e. The molecule has 0 fully saturated rings. The highest BCUT2D eigenvalue weighted by Crippen LogP contribution is 2.12. The van der Waals surface area contributed by atoms with Gasteiger partial charge in [0.15, 0.2) is 0 Å². The van der Waals surface area contributed by atoms with Crippen LogP contribution in [0, 0.1) is 0 Å². The van der Waals surface area contributed by atoms with E-state index < -0.39 is 24.8 Å².